The molecule has 5 nitrogen and oxygen atoms in total. The van der Waals surface area contributed by atoms with Crippen LogP contribution in [0.1, 0.15) is 26.2 Å². The van der Waals surface area contributed by atoms with E-state index in [0.29, 0.717) is 31.5 Å². The van der Waals surface area contributed by atoms with E-state index < -0.39 is 0 Å². The summed E-state index contributed by atoms with van der Waals surface area (Å²) in [6.07, 6.45) is 1.35. The van der Waals surface area contributed by atoms with Crippen molar-refractivity contribution in [2.45, 2.75) is 26.2 Å². The molecule has 5 heteroatoms. The van der Waals surface area contributed by atoms with E-state index in [1.807, 2.05) is 0 Å². The van der Waals surface area contributed by atoms with Gasteiger partial charge in [0, 0.05) is 25.8 Å². The van der Waals surface area contributed by atoms with Crippen molar-refractivity contribution in [1.82, 2.24) is 10.7 Å². The Labute approximate surface area is 88.3 Å². The van der Waals surface area contributed by atoms with E-state index in [9.17, 15) is 9.59 Å². The van der Waals surface area contributed by atoms with Gasteiger partial charge < -0.3 is 5.32 Å². The monoisotopic (exact) mass is 207 g/mol. The van der Waals surface area contributed by atoms with Gasteiger partial charge in [0.15, 0.2) is 0 Å². The molecule has 1 aliphatic rings. The second-order valence-corrected chi connectivity index (χ2v) is 3.03. The molecule has 0 aliphatic carbocycles. The summed E-state index contributed by atoms with van der Waals surface area (Å²) in [5, 5.41) is 6.36. The van der Waals surface area contributed by atoms with Gasteiger partial charge in [-0.15, -0.1) is 11.8 Å². The maximum absolute atomic E-state index is 11.4. The number of hydrogen-bond acceptors (Lipinski definition) is 3. The van der Waals surface area contributed by atoms with Gasteiger partial charge in [0.1, 0.15) is 5.71 Å². The van der Waals surface area contributed by atoms with Gasteiger partial charge in [-0.1, -0.05) is 0 Å². The molecule has 0 aromatic heterocycles. The fourth-order valence-electron chi connectivity index (χ4n) is 1.10. The second kappa shape index (κ2) is 5.81. The summed E-state index contributed by atoms with van der Waals surface area (Å²) in [7, 11) is 0. The number of hydrogen-bond donors (Lipinski definition) is 2. The maximum Gasteiger partial charge on any atom is 0.267 e. The lowest BCUT2D eigenvalue weighted by atomic mass is 10.1. The highest BCUT2D eigenvalue weighted by atomic mass is 16.2. The van der Waals surface area contributed by atoms with Crippen LogP contribution in [0.15, 0.2) is 5.10 Å². The Kier molecular flexibility index (Phi) is 4.35. The van der Waals surface area contributed by atoms with E-state index in [1.54, 1.807) is 6.92 Å². The van der Waals surface area contributed by atoms with Gasteiger partial charge in [-0.25, -0.2) is 5.43 Å². The average molecular weight is 207 g/mol. The van der Waals surface area contributed by atoms with Crippen LogP contribution in [0.2, 0.25) is 0 Å². The van der Waals surface area contributed by atoms with Crippen LogP contribution in [0.25, 0.3) is 0 Å². The topological polar surface area (TPSA) is 70.6 Å². The van der Waals surface area contributed by atoms with Crippen LogP contribution in [-0.2, 0) is 9.59 Å². The number of hydrazone groups is 1. The van der Waals surface area contributed by atoms with Crippen molar-refractivity contribution < 1.29 is 9.59 Å². The standard InChI is InChI=1S/C10H13N3O2/c1-2-3-4-7-11-10(15)8-5-6-9(14)13-12-8/h4-7H2,1H3,(H,11,15)(H,13,14). The van der Waals surface area contributed by atoms with Crippen LogP contribution >= 0.6 is 0 Å². The van der Waals surface area contributed by atoms with Gasteiger partial charge in [-0.05, 0) is 6.92 Å². The van der Waals surface area contributed by atoms with Crippen molar-refractivity contribution in [2.75, 3.05) is 6.54 Å². The zero-order valence-electron chi connectivity index (χ0n) is 8.59. The predicted molar refractivity (Wildman–Crippen MR) is 55.9 cm³/mol. The quantitative estimate of drug-likeness (QED) is 0.496. The summed E-state index contributed by atoms with van der Waals surface area (Å²) in [5.74, 6) is 5.20. The first-order valence-electron chi connectivity index (χ1n) is 4.77. The third-order valence-corrected chi connectivity index (χ3v) is 1.88. The fourth-order valence-corrected chi connectivity index (χ4v) is 1.10. The van der Waals surface area contributed by atoms with Crippen molar-refractivity contribution >= 4 is 17.5 Å². The number of carbonyl (C=O) groups is 2. The summed E-state index contributed by atoms with van der Waals surface area (Å²) in [4.78, 5) is 22.2. The molecule has 0 radical (unpaired) electrons. The first-order valence-corrected chi connectivity index (χ1v) is 4.77. The summed E-state index contributed by atoms with van der Waals surface area (Å²) in [6, 6.07) is 0. The van der Waals surface area contributed by atoms with Crippen molar-refractivity contribution in [3.05, 3.63) is 0 Å². The van der Waals surface area contributed by atoms with E-state index in [1.165, 1.54) is 0 Å². The van der Waals surface area contributed by atoms with Crippen LogP contribution in [0.3, 0.4) is 0 Å². The Bertz CT molecular complexity index is 349. The number of nitrogens with one attached hydrogen (secondary N) is 2. The molecule has 0 bridgehead atoms. The van der Waals surface area contributed by atoms with Gasteiger partial charge in [-0.3, -0.25) is 9.59 Å². The zero-order valence-corrected chi connectivity index (χ0v) is 8.59. The van der Waals surface area contributed by atoms with Crippen LogP contribution in [-0.4, -0.2) is 24.1 Å². The van der Waals surface area contributed by atoms with Gasteiger partial charge in [0.25, 0.3) is 5.91 Å². The minimum Gasteiger partial charge on any atom is -0.350 e. The number of amides is 2. The molecule has 0 fully saturated rings. The van der Waals surface area contributed by atoms with E-state index >= 15 is 0 Å². The van der Waals surface area contributed by atoms with Gasteiger partial charge in [0.05, 0.1) is 0 Å². The molecule has 0 spiro atoms. The molecule has 0 saturated carbocycles. The smallest absolute Gasteiger partial charge is 0.267 e. The molecule has 0 unspecified atom stereocenters. The highest BCUT2D eigenvalue weighted by Gasteiger charge is 2.17. The third kappa shape index (κ3) is 3.81. The Morgan fingerprint density at radius 3 is 3.00 bits per heavy atom. The molecule has 1 aliphatic heterocycles. The predicted octanol–water partition coefficient (Wildman–Crippen LogP) is -0.218. The van der Waals surface area contributed by atoms with Gasteiger partial charge in [0.2, 0.25) is 5.91 Å². The Morgan fingerprint density at radius 2 is 2.40 bits per heavy atom. The highest BCUT2D eigenvalue weighted by Crippen LogP contribution is 1.99. The number of nitrogens with zero attached hydrogens (tertiary/aromatic N) is 1. The Morgan fingerprint density at radius 1 is 1.60 bits per heavy atom. The SMILES string of the molecule is CC#CCCNC(=O)C1=NNC(=O)CC1. The first kappa shape index (κ1) is 11.2. The minimum atomic E-state index is -0.229. The summed E-state index contributed by atoms with van der Waals surface area (Å²) in [6.45, 7) is 2.26. The molecule has 80 valence electrons. The molecule has 0 aromatic carbocycles. The highest BCUT2D eigenvalue weighted by molar-refractivity contribution is 6.39. The number of carbonyl (C=O) groups excluding carboxylic acids is 2. The molecule has 1 heterocycles. The van der Waals surface area contributed by atoms with E-state index in [-0.39, 0.29) is 11.8 Å². The zero-order chi connectivity index (χ0) is 11.1. The third-order valence-electron chi connectivity index (χ3n) is 1.88. The molecule has 15 heavy (non-hydrogen) atoms. The van der Waals surface area contributed by atoms with Crippen LogP contribution in [0.4, 0.5) is 0 Å². The Balaban J connectivity index is 2.33. The van der Waals surface area contributed by atoms with Crippen molar-refractivity contribution in [1.29, 1.82) is 0 Å². The lowest BCUT2D eigenvalue weighted by Gasteiger charge is -2.11. The molecular formula is C10H13N3O2. The summed E-state index contributed by atoms with van der Waals surface area (Å²) < 4.78 is 0. The van der Waals surface area contributed by atoms with Gasteiger partial charge in [-0.2, -0.15) is 5.10 Å². The molecule has 0 atom stereocenters. The molecular weight excluding hydrogens is 194 g/mol. The van der Waals surface area contributed by atoms with Crippen molar-refractivity contribution in [3.8, 4) is 11.8 Å². The average Bonchev–Trinajstić information content (AvgIpc) is 2.25. The molecule has 0 aromatic rings. The minimum absolute atomic E-state index is 0.150. The molecule has 2 amide bonds. The van der Waals surface area contributed by atoms with E-state index in [2.05, 4.69) is 27.7 Å². The lowest BCUT2D eigenvalue weighted by molar-refractivity contribution is -0.121. The normalized spacial score (nSPS) is 14.5. The van der Waals surface area contributed by atoms with Crippen molar-refractivity contribution in [2.24, 2.45) is 5.10 Å². The van der Waals surface area contributed by atoms with Crippen molar-refractivity contribution in [3.63, 3.8) is 0 Å². The number of rotatable bonds is 3. The maximum atomic E-state index is 11.4. The van der Waals surface area contributed by atoms with Crippen LogP contribution < -0.4 is 10.7 Å². The molecule has 2 N–H and O–H groups in total. The fraction of sp³-hybridized carbons (Fsp3) is 0.500. The second-order valence-electron chi connectivity index (χ2n) is 3.03. The first-order chi connectivity index (χ1) is 7.24. The molecule has 1 rings (SSSR count). The van der Waals surface area contributed by atoms with Gasteiger partial charge >= 0.3 is 0 Å². The van der Waals surface area contributed by atoms with Crippen LogP contribution in [0.5, 0.6) is 0 Å². The van der Waals surface area contributed by atoms with E-state index in [0.717, 1.165) is 0 Å². The lowest BCUT2D eigenvalue weighted by Crippen LogP contribution is -2.37. The van der Waals surface area contributed by atoms with Crippen LogP contribution in [0, 0.1) is 11.8 Å². The largest absolute Gasteiger partial charge is 0.350 e. The van der Waals surface area contributed by atoms with E-state index in [4.69, 9.17) is 0 Å². The summed E-state index contributed by atoms with van der Waals surface area (Å²) >= 11 is 0. The Hall–Kier alpha value is -1.83. The summed E-state index contributed by atoms with van der Waals surface area (Å²) in [5.41, 5.74) is 2.65. The molecule has 0 saturated heterocycles.